The number of carbonyl (C=O) groups excluding carboxylic acids is 2. The van der Waals surface area contributed by atoms with E-state index in [0.717, 1.165) is 32.1 Å². The second-order valence-corrected chi connectivity index (χ2v) is 9.75. The van der Waals surface area contributed by atoms with Gasteiger partial charge in [0.15, 0.2) is 0 Å². The molecule has 7 nitrogen and oxygen atoms in total. The first-order valence-electron chi connectivity index (χ1n) is 12.5. The van der Waals surface area contributed by atoms with E-state index in [4.69, 9.17) is 9.84 Å². The molecule has 0 aromatic heterocycles. The van der Waals surface area contributed by atoms with Crippen molar-refractivity contribution in [2.75, 3.05) is 20.2 Å². The number of nitrogens with one attached hydrogen (secondary N) is 1. The number of carboxylic acid groups (broad SMARTS) is 1. The van der Waals surface area contributed by atoms with Gasteiger partial charge in [0, 0.05) is 31.5 Å². The molecule has 0 spiro atoms. The molecule has 1 fully saturated rings. The van der Waals surface area contributed by atoms with Crippen molar-refractivity contribution >= 4 is 18.0 Å². The van der Waals surface area contributed by atoms with Crippen molar-refractivity contribution in [3.05, 3.63) is 59.7 Å². The minimum absolute atomic E-state index is 0.0000755. The van der Waals surface area contributed by atoms with Gasteiger partial charge in [-0.3, -0.25) is 9.59 Å². The summed E-state index contributed by atoms with van der Waals surface area (Å²) < 4.78 is 5.78. The Labute approximate surface area is 206 Å². The van der Waals surface area contributed by atoms with Gasteiger partial charge in [-0.15, -0.1) is 0 Å². The molecule has 0 saturated heterocycles. The first-order chi connectivity index (χ1) is 16.9. The number of nitrogens with zero attached hydrogens (tertiary/aromatic N) is 1. The zero-order chi connectivity index (χ0) is 24.8. The SMILES string of the molecule is CN(CCC(=O)O)C(=O)CCC1(NC(=O)OCC2c3ccccc3-c3ccccc32)CCCCC1. The maximum atomic E-state index is 13.0. The predicted octanol–water partition coefficient (Wildman–Crippen LogP) is 4.94. The highest BCUT2D eigenvalue weighted by Crippen LogP contribution is 2.44. The summed E-state index contributed by atoms with van der Waals surface area (Å²) in [5.74, 6) is -1.03. The smallest absolute Gasteiger partial charge is 0.407 e. The lowest BCUT2D eigenvalue weighted by atomic mass is 9.78. The first kappa shape index (κ1) is 24.8. The molecule has 0 heterocycles. The third-order valence-corrected chi connectivity index (χ3v) is 7.43. The lowest BCUT2D eigenvalue weighted by Gasteiger charge is -2.38. The number of hydrogen-bond donors (Lipinski definition) is 2. The summed E-state index contributed by atoms with van der Waals surface area (Å²) >= 11 is 0. The largest absolute Gasteiger partial charge is 0.481 e. The Bertz CT molecular complexity index is 1030. The van der Waals surface area contributed by atoms with E-state index < -0.39 is 17.6 Å². The van der Waals surface area contributed by atoms with Gasteiger partial charge in [0.2, 0.25) is 5.91 Å². The number of ether oxygens (including phenoxy) is 1. The maximum absolute atomic E-state index is 13.0. The summed E-state index contributed by atoms with van der Waals surface area (Å²) in [6, 6.07) is 16.5. The van der Waals surface area contributed by atoms with Crippen molar-refractivity contribution in [2.24, 2.45) is 0 Å². The van der Waals surface area contributed by atoms with Crippen LogP contribution in [0.25, 0.3) is 11.1 Å². The maximum Gasteiger partial charge on any atom is 0.407 e. The van der Waals surface area contributed by atoms with Crippen LogP contribution in [-0.4, -0.2) is 53.7 Å². The van der Waals surface area contributed by atoms with Gasteiger partial charge in [-0.2, -0.15) is 0 Å². The van der Waals surface area contributed by atoms with Crippen molar-refractivity contribution in [1.29, 1.82) is 0 Å². The molecule has 0 bridgehead atoms. The number of amides is 2. The van der Waals surface area contributed by atoms with Gasteiger partial charge in [0.1, 0.15) is 6.61 Å². The van der Waals surface area contributed by atoms with Gasteiger partial charge in [-0.25, -0.2) is 4.79 Å². The molecule has 4 rings (SSSR count). The zero-order valence-corrected chi connectivity index (χ0v) is 20.3. The number of alkyl carbamates (subject to hydrolysis) is 1. The van der Waals surface area contributed by atoms with Crippen LogP contribution in [0.2, 0.25) is 0 Å². The second-order valence-electron chi connectivity index (χ2n) is 9.75. The fraction of sp³-hybridized carbons (Fsp3) is 0.464. The van der Waals surface area contributed by atoms with Crippen LogP contribution in [0.4, 0.5) is 4.79 Å². The number of rotatable bonds is 9. The van der Waals surface area contributed by atoms with E-state index in [1.54, 1.807) is 7.05 Å². The molecule has 0 unspecified atom stereocenters. The summed E-state index contributed by atoms with van der Waals surface area (Å²) in [5, 5.41) is 12.0. The fourth-order valence-corrected chi connectivity index (χ4v) is 5.44. The summed E-state index contributed by atoms with van der Waals surface area (Å²) in [4.78, 5) is 37.8. The third kappa shape index (κ3) is 5.84. The fourth-order valence-electron chi connectivity index (χ4n) is 5.44. The highest BCUT2D eigenvalue weighted by atomic mass is 16.5. The van der Waals surface area contributed by atoms with Crippen LogP contribution in [0.5, 0.6) is 0 Å². The molecule has 0 radical (unpaired) electrons. The number of hydrogen-bond acceptors (Lipinski definition) is 4. The molecular formula is C28H34N2O5. The van der Waals surface area contributed by atoms with E-state index in [2.05, 4.69) is 29.6 Å². The van der Waals surface area contributed by atoms with Crippen molar-refractivity contribution in [1.82, 2.24) is 10.2 Å². The van der Waals surface area contributed by atoms with E-state index in [1.807, 2.05) is 24.3 Å². The second kappa shape index (κ2) is 10.9. The van der Waals surface area contributed by atoms with Crippen LogP contribution >= 0.6 is 0 Å². The average Bonchev–Trinajstić information content (AvgIpc) is 3.19. The molecule has 1 saturated carbocycles. The standard InChI is InChI=1S/C28H34N2O5/c1-30(18-14-26(32)33)25(31)13-17-28(15-7-2-8-16-28)29-27(34)35-19-24-22-11-5-3-9-20(22)21-10-4-6-12-23(21)24/h3-6,9-12,24H,2,7-8,13-19H2,1H3,(H,29,34)(H,32,33). The molecule has 2 aromatic carbocycles. The minimum Gasteiger partial charge on any atom is -0.481 e. The van der Waals surface area contributed by atoms with E-state index in [0.29, 0.717) is 6.42 Å². The molecule has 2 N–H and O–H groups in total. The molecule has 2 aromatic rings. The molecule has 186 valence electrons. The lowest BCUT2D eigenvalue weighted by Crippen LogP contribution is -2.50. The Hall–Kier alpha value is -3.35. The topological polar surface area (TPSA) is 95.9 Å². The molecule has 2 aliphatic carbocycles. The van der Waals surface area contributed by atoms with Gasteiger partial charge < -0.3 is 20.1 Å². The summed E-state index contributed by atoms with van der Waals surface area (Å²) in [6.07, 6.45) is 4.98. The van der Waals surface area contributed by atoms with Gasteiger partial charge >= 0.3 is 12.1 Å². The molecule has 2 amide bonds. The number of carbonyl (C=O) groups is 3. The van der Waals surface area contributed by atoms with Gasteiger partial charge in [-0.05, 0) is 41.5 Å². The molecule has 7 heteroatoms. The number of carboxylic acids is 1. The van der Waals surface area contributed by atoms with Crippen LogP contribution in [0.3, 0.4) is 0 Å². The van der Waals surface area contributed by atoms with Crippen LogP contribution in [0, 0.1) is 0 Å². The van der Waals surface area contributed by atoms with Gasteiger partial charge in [-0.1, -0.05) is 67.8 Å². The zero-order valence-electron chi connectivity index (χ0n) is 20.3. The molecule has 2 aliphatic rings. The van der Waals surface area contributed by atoms with Crippen LogP contribution in [0.15, 0.2) is 48.5 Å². The molecule has 0 atom stereocenters. The third-order valence-electron chi connectivity index (χ3n) is 7.43. The van der Waals surface area contributed by atoms with E-state index in [1.165, 1.54) is 27.2 Å². The monoisotopic (exact) mass is 478 g/mol. The number of fused-ring (bicyclic) bond motifs is 3. The van der Waals surface area contributed by atoms with Crippen LogP contribution < -0.4 is 5.32 Å². The lowest BCUT2D eigenvalue weighted by molar-refractivity contribution is -0.138. The molecule has 35 heavy (non-hydrogen) atoms. The number of aliphatic carboxylic acids is 1. The molecular weight excluding hydrogens is 444 g/mol. The minimum atomic E-state index is -0.926. The Balaban J connectivity index is 1.37. The van der Waals surface area contributed by atoms with Crippen molar-refractivity contribution in [3.63, 3.8) is 0 Å². The van der Waals surface area contributed by atoms with E-state index in [9.17, 15) is 14.4 Å². The Kier molecular flexibility index (Phi) is 7.73. The highest BCUT2D eigenvalue weighted by Gasteiger charge is 2.35. The Morgan fingerprint density at radius 1 is 0.971 bits per heavy atom. The van der Waals surface area contributed by atoms with E-state index >= 15 is 0 Å². The summed E-state index contributed by atoms with van der Waals surface area (Å²) in [6.45, 7) is 0.438. The summed E-state index contributed by atoms with van der Waals surface area (Å²) in [7, 11) is 1.62. The quantitative estimate of drug-likeness (QED) is 0.532. The predicted molar refractivity (Wildman–Crippen MR) is 133 cm³/mol. The Morgan fingerprint density at radius 3 is 2.17 bits per heavy atom. The van der Waals surface area contributed by atoms with Gasteiger partial charge in [0.25, 0.3) is 0 Å². The van der Waals surface area contributed by atoms with Crippen LogP contribution in [-0.2, 0) is 14.3 Å². The van der Waals surface area contributed by atoms with E-state index in [-0.39, 0.29) is 37.8 Å². The normalized spacial score (nSPS) is 16.1. The average molecular weight is 479 g/mol. The van der Waals surface area contributed by atoms with Gasteiger partial charge in [0.05, 0.1) is 6.42 Å². The van der Waals surface area contributed by atoms with Crippen molar-refractivity contribution < 1.29 is 24.2 Å². The first-order valence-corrected chi connectivity index (χ1v) is 12.5. The highest BCUT2D eigenvalue weighted by molar-refractivity contribution is 5.79. The number of benzene rings is 2. The summed E-state index contributed by atoms with van der Waals surface area (Å²) in [5.41, 5.74) is 4.25. The molecule has 0 aliphatic heterocycles. The van der Waals surface area contributed by atoms with Crippen LogP contribution in [0.1, 0.15) is 68.4 Å². The Morgan fingerprint density at radius 2 is 1.57 bits per heavy atom. The van der Waals surface area contributed by atoms with Crippen molar-refractivity contribution in [3.8, 4) is 11.1 Å². The van der Waals surface area contributed by atoms with Crippen molar-refractivity contribution in [2.45, 2.75) is 62.8 Å².